The van der Waals surface area contributed by atoms with Gasteiger partial charge in [-0.1, -0.05) is 12.1 Å². The molecule has 18 heavy (non-hydrogen) atoms. The zero-order chi connectivity index (χ0) is 13.2. The van der Waals surface area contributed by atoms with Crippen LogP contribution in [0.25, 0.3) is 0 Å². The highest BCUT2D eigenvalue weighted by atomic mass is 32.2. The smallest absolute Gasteiger partial charge is 0.240 e. The van der Waals surface area contributed by atoms with Crippen molar-refractivity contribution in [3.05, 3.63) is 40.8 Å². The van der Waals surface area contributed by atoms with Crippen LogP contribution >= 0.6 is 11.3 Å². The summed E-state index contributed by atoms with van der Waals surface area (Å²) in [5.74, 6) is 0. The molecule has 0 aliphatic rings. The van der Waals surface area contributed by atoms with Crippen LogP contribution in [0.4, 0.5) is 5.69 Å². The van der Waals surface area contributed by atoms with Crippen LogP contribution in [0, 0.1) is 0 Å². The topological polar surface area (TPSA) is 85.1 Å². The molecule has 1 aromatic carbocycles. The van der Waals surface area contributed by atoms with Crippen LogP contribution < -0.4 is 10.5 Å². The molecule has 1 atom stereocenters. The fourth-order valence-electron chi connectivity index (χ4n) is 1.58. The third-order valence-electron chi connectivity index (χ3n) is 2.39. The number of sulfonamides is 1. The molecule has 1 heterocycles. The molecule has 0 fully saturated rings. The van der Waals surface area contributed by atoms with Crippen molar-refractivity contribution in [3.8, 4) is 0 Å². The molecular formula is C11H13N3O2S2. The van der Waals surface area contributed by atoms with Crippen molar-refractivity contribution in [1.82, 2.24) is 4.98 Å². The molecule has 0 saturated carbocycles. The minimum atomic E-state index is -3.73. The van der Waals surface area contributed by atoms with E-state index >= 15 is 0 Å². The molecule has 3 N–H and O–H groups in total. The van der Waals surface area contributed by atoms with E-state index in [1.165, 1.54) is 17.4 Å². The van der Waals surface area contributed by atoms with E-state index in [-0.39, 0.29) is 10.9 Å². The molecule has 0 saturated heterocycles. The van der Waals surface area contributed by atoms with Gasteiger partial charge in [0.15, 0.2) is 0 Å². The summed E-state index contributed by atoms with van der Waals surface area (Å²) in [6.07, 6.45) is 1.71. The van der Waals surface area contributed by atoms with Gasteiger partial charge in [-0.05, 0) is 19.1 Å². The maximum atomic E-state index is 11.4. The van der Waals surface area contributed by atoms with Crippen molar-refractivity contribution in [2.45, 2.75) is 17.9 Å². The van der Waals surface area contributed by atoms with Crippen LogP contribution in [0.15, 0.2) is 40.7 Å². The molecule has 7 heteroatoms. The molecule has 0 aliphatic heterocycles. The predicted octanol–water partition coefficient (Wildman–Crippen LogP) is 1.96. The number of thiazole rings is 1. The van der Waals surface area contributed by atoms with E-state index in [2.05, 4.69) is 10.3 Å². The number of para-hydroxylation sites is 1. The third-order valence-corrected chi connectivity index (χ3v) is 4.31. The first-order valence-corrected chi connectivity index (χ1v) is 7.69. The largest absolute Gasteiger partial charge is 0.375 e. The van der Waals surface area contributed by atoms with Gasteiger partial charge in [-0.2, -0.15) is 0 Å². The SMILES string of the molecule is CC(Nc1ccccc1S(N)(=O)=O)c1nccs1. The molecule has 0 bridgehead atoms. The van der Waals surface area contributed by atoms with Crippen LogP contribution in [0.2, 0.25) is 0 Å². The number of primary sulfonamides is 1. The number of nitrogens with two attached hydrogens (primary N) is 1. The van der Waals surface area contributed by atoms with Crippen molar-refractivity contribution in [3.63, 3.8) is 0 Å². The number of anilines is 1. The quantitative estimate of drug-likeness (QED) is 0.898. The Morgan fingerprint density at radius 2 is 2.11 bits per heavy atom. The van der Waals surface area contributed by atoms with E-state index in [4.69, 9.17) is 5.14 Å². The molecule has 5 nitrogen and oxygen atoms in total. The fraction of sp³-hybridized carbons (Fsp3) is 0.182. The van der Waals surface area contributed by atoms with Gasteiger partial charge < -0.3 is 5.32 Å². The molecule has 2 rings (SSSR count). The number of rotatable bonds is 4. The Morgan fingerprint density at radius 1 is 1.39 bits per heavy atom. The lowest BCUT2D eigenvalue weighted by Gasteiger charge is -2.15. The van der Waals surface area contributed by atoms with Gasteiger partial charge in [0.1, 0.15) is 9.90 Å². The molecule has 0 aliphatic carbocycles. The Kier molecular flexibility index (Phi) is 3.65. The Hall–Kier alpha value is -1.44. The summed E-state index contributed by atoms with van der Waals surface area (Å²) in [6, 6.07) is 6.48. The summed E-state index contributed by atoms with van der Waals surface area (Å²) in [4.78, 5) is 4.27. The highest BCUT2D eigenvalue weighted by Crippen LogP contribution is 2.25. The highest BCUT2D eigenvalue weighted by molar-refractivity contribution is 7.89. The van der Waals surface area contributed by atoms with Gasteiger partial charge in [0, 0.05) is 11.6 Å². The van der Waals surface area contributed by atoms with E-state index < -0.39 is 10.0 Å². The van der Waals surface area contributed by atoms with E-state index in [0.29, 0.717) is 5.69 Å². The molecule has 0 spiro atoms. The first-order chi connectivity index (χ1) is 8.48. The Balaban J connectivity index is 2.30. The molecular weight excluding hydrogens is 270 g/mol. The highest BCUT2D eigenvalue weighted by Gasteiger charge is 2.16. The lowest BCUT2D eigenvalue weighted by Crippen LogP contribution is -2.16. The lowest BCUT2D eigenvalue weighted by atomic mass is 10.2. The van der Waals surface area contributed by atoms with Crippen molar-refractivity contribution < 1.29 is 8.42 Å². The summed E-state index contributed by atoms with van der Waals surface area (Å²) in [6.45, 7) is 1.92. The normalized spacial score (nSPS) is 13.2. The van der Waals surface area contributed by atoms with Gasteiger partial charge >= 0.3 is 0 Å². The zero-order valence-corrected chi connectivity index (χ0v) is 11.3. The molecule has 0 amide bonds. The number of benzene rings is 1. The monoisotopic (exact) mass is 283 g/mol. The molecule has 1 unspecified atom stereocenters. The fourth-order valence-corrected chi connectivity index (χ4v) is 2.92. The van der Waals surface area contributed by atoms with Gasteiger partial charge in [-0.15, -0.1) is 11.3 Å². The standard InChI is InChI=1S/C11H13N3O2S2/c1-8(11-13-6-7-17-11)14-9-4-2-3-5-10(9)18(12,15)16/h2-8,14H,1H3,(H2,12,15,16). The van der Waals surface area contributed by atoms with Crippen molar-refractivity contribution in [2.75, 3.05) is 5.32 Å². The van der Waals surface area contributed by atoms with Gasteiger partial charge in [0.05, 0.1) is 11.7 Å². The molecule has 1 aromatic heterocycles. The number of nitrogens with one attached hydrogen (secondary N) is 1. The minimum absolute atomic E-state index is 0.0760. The van der Waals surface area contributed by atoms with E-state index in [1.54, 1.807) is 24.4 Å². The Bertz CT molecular complexity index is 623. The second-order valence-electron chi connectivity index (χ2n) is 3.78. The predicted molar refractivity (Wildman–Crippen MR) is 72.0 cm³/mol. The zero-order valence-electron chi connectivity index (χ0n) is 9.70. The van der Waals surface area contributed by atoms with Crippen LogP contribution in [0.5, 0.6) is 0 Å². The number of nitrogens with zero attached hydrogens (tertiary/aromatic N) is 1. The summed E-state index contributed by atoms with van der Waals surface area (Å²) in [5.41, 5.74) is 0.489. The van der Waals surface area contributed by atoms with Crippen LogP contribution in [0.1, 0.15) is 18.0 Å². The van der Waals surface area contributed by atoms with Gasteiger partial charge in [0.25, 0.3) is 0 Å². The third kappa shape index (κ3) is 2.87. The minimum Gasteiger partial charge on any atom is -0.375 e. The lowest BCUT2D eigenvalue weighted by molar-refractivity contribution is 0.598. The van der Waals surface area contributed by atoms with E-state index in [0.717, 1.165) is 5.01 Å². The number of hydrogen-bond donors (Lipinski definition) is 2. The average Bonchev–Trinajstić information content (AvgIpc) is 2.81. The first kappa shape index (κ1) is 13.0. The summed E-state index contributed by atoms with van der Waals surface area (Å²) in [7, 11) is -3.73. The summed E-state index contributed by atoms with van der Waals surface area (Å²) >= 11 is 1.51. The molecule has 96 valence electrons. The van der Waals surface area contributed by atoms with Gasteiger partial charge in [0.2, 0.25) is 10.0 Å². The first-order valence-electron chi connectivity index (χ1n) is 5.26. The second kappa shape index (κ2) is 5.05. The van der Waals surface area contributed by atoms with Crippen molar-refractivity contribution in [1.29, 1.82) is 0 Å². The van der Waals surface area contributed by atoms with E-state index in [9.17, 15) is 8.42 Å². The second-order valence-corrected chi connectivity index (χ2v) is 6.23. The van der Waals surface area contributed by atoms with Gasteiger partial charge in [-0.25, -0.2) is 18.5 Å². The van der Waals surface area contributed by atoms with Crippen LogP contribution in [0.3, 0.4) is 0 Å². The maximum absolute atomic E-state index is 11.4. The average molecular weight is 283 g/mol. The number of hydrogen-bond acceptors (Lipinski definition) is 5. The van der Waals surface area contributed by atoms with E-state index in [1.807, 2.05) is 12.3 Å². The van der Waals surface area contributed by atoms with Crippen molar-refractivity contribution in [2.24, 2.45) is 5.14 Å². The summed E-state index contributed by atoms with van der Waals surface area (Å²) in [5, 5.41) is 11.0. The van der Waals surface area contributed by atoms with Gasteiger partial charge in [-0.3, -0.25) is 0 Å². The Labute approximate surface area is 110 Å². The van der Waals surface area contributed by atoms with Crippen LogP contribution in [-0.4, -0.2) is 13.4 Å². The van der Waals surface area contributed by atoms with Crippen LogP contribution in [-0.2, 0) is 10.0 Å². The number of aromatic nitrogens is 1. The van der Waals surface area contributed by atoms with Crippen molar-refractivity contribution >= 4 is 27.0 Å². The molecule has 2 aromatic rings. The molecule has 0 radical (unpaired) electrons. The summed E-state index contributed by atoms with van der Waals surface area (Å²) < 4.78 is 22.9. The Morgan fingerprint density at radius 3 is 2.72 bits per heavy atom. The maximum Gasteiger partial charge on any atom is 0.240 e.